The molecular weight excluding hydrogens is 1390 g/mol. The summed E-state index contributed by atoms with van der Waals surface area (Å²) in [4.78, 5) is 32.4. The van der Waals surface area contributed by atoms with E-state index < -0.39 is 0 Å². The molecule has 104 heavy (non-hydrogen) atoms. The molecule has 0 saturated heterocycles. The predicted octanol–water partition coefficient (Wildman–Crippen LogP) is 25.3. The van der Waals surface area contributed by atoms with Crippen molar-refractivity contribution < 1.29 is 18.9 Å². The molecule has 502 valence electrons. The van der Waals surface area contributed by atoms with Gasteiger partial charge in [-0.1, -0.05) is 205 Å². The lowest BCUT2D eigenvalue weighted by Gasteiger charge is -2.19. The molecule has 0 spiro atoms. The topological polar surface area (TPSA) is 54.0 Å². The molecule has 0 radical (unpaired) electrons. The Labute approximate surface area is 625 Å². The van der Waals surface area contributed by atoms with Gasteiger partial charge in [0, 0.05) is 10.5 Å². The third-order valence-corrected chi connectivity index (χ3v) is 30.6. The van der Waals surface area contributed by atoms with Crippen LogP contribution < -0.4 is 24.4 Å². The lowest BCUT2D eigenvalue weighted by Crippen LogP contribution is -2.12. The van der Waals surface area contributed by atoms with Crippen LogP contribution in [0, 0.1) is 6.92 Å². The number of para-hydroxylation sites is 6. The highest BCUT2D eigenvalue weighted by Crippen LogP contribution is 2.52. The summed E-state index contributed by atoms with van der Waals surface area (Å²) >= 11 is 1.89. The zero-order chi connectivity index (χ0) is 70.1. The van der Waals surface area contributed by atoms with E-state index in [9.17, 15) is 4.79 Å². The number of ether oxygens (including phenoxy) is 4. The van der Waals surface area contributed by atoms with Crippen LogP contribution in [0.1, 0.15) is 5.56 Å². The minimum atomic E-state index is -0.199. The Hall–Kier alpha value is -10.9. The molecule has 5 heterocycles. The first-order valence-electron chi connectivity index (χ1n) is 34.2. The number of benzene rings is 15. The molecule has 0 N–H and O–H groups in total. The summed E-state index contributed by atoms with van der Waals surface area (Å²) in [6.07, 6.45) is 0. The zero-order valence-corrected chi connectivity index (χ0v) is 61.8. The first kappa shape index (κ1) is 67.6. The fourth-order valence-electron chi connectivity index (χ4n) is 12.8. The monoisotopic (exact) mass is 1460 g/mol. The molecule has 16 aromatic rings. The summed E-state index contributed by atoms with van der Waals surface area (Å²) in [6, 6.07) is 133. The molecule has 4 aliphatic heterocycles. The van der Waals surface area contributed by atoms with E-state index in [1.54, 1.807) is 7.11 Å². The highest BCUT2D eigenvalue weighted by molar-refractivity contribution is 8.04. The molecule has 4 aliphatic rings. The van der Waals surface area contributed by atoms with Gasteiger partial charge in [0.25, 0.3) is 0 Å². The molecule has 0 unspecified atom stereocenters. The minimum Gasteiger partial charge on any atom is -0.497 e. The number of rotatable bonds is 6. The van der Waals surface area contributed by atoms with Crippen LogP contribution in [0.25, 0.3) is 25.1 Å². The molecular formula is C93H69O5S6+5. The van der Waals surface area contributed by atoms with Crippen LogP contribution in [0.2, 0.25) is 0 Å². The Kier molecular flexibility index (Phi) is 20.4. The van der Waals surface area contributed by atoms with Crippen molar-refractivity contribution in [2.45, 2.75) is 75.5 Å². The summed E-state index contributed by atoms with van der Waals surface area (Å²) in [7, 11) is 1.19. The number of aryl methyl sites for hydroxylation is 1. The molecule has 0 atom stereocenters. The van der Waals surface area contributed by atoms with E-state index in [0.29, 0.717) is 0 Å². The van der Waals surface area contributed by atoms with Gasteiger partial charge >= 0.3 is 0 Å². The summed E-state index contributed by atoms with van der Waals surface area (Å²) in [5.41, 5.74) is 1.43. The molecule has 20 rings (SSSR count). The van der Waals surface area contributed by atoms with Crippen molar-refractivity contribution in [1.29, 1.82) is 0 Å². The third kappa shape index (κ3) is 14.1. The number of methoxy groups -OCH3 is 1. The molecule has 0 aliphatic carbocycles. The van der Waals surface area contributed by atoms with Crippen LogP contribution >= 0.6 is 22.2 Å². The Morgan fingerprint density at radius 2 is 0.519 bits per heavy atom. The van der Waals surface area contributed by atoms with E-state index >= 15 is 0 Å². The minimum absolute atomic E-state index is 0.0212. The molecule has 0 bridgehead atoms. The van der Waals surface area contributed by atoms with Crippen molar-refractivity contribution in [1.82, 2.24) is 0 Å². The van der Waals surface area contributed by atoms with Gasteiger partial charge in [-0.2, -0.15) is 0 Å². The van der Waals surface area contributed by atoms with Gasteiger partial charge in [-0.25, -0.2) is 0 Å². The Morgan fingerprint density at radius 1 is 0.260 bits per heavy atom. The van der Waals surface area contributed by atoms with Crippen molar-refractivity contribution >= 4 is 86.0 Å². The van der Waals surface area contributed by atoms with Crippen LogP contribution in [-0.2, 0) is 43.6 Å². The van der Waals surface area contributed by atoms with Gasteiger partial charge in [0.2, 0.25) is 34.8 Å². The van der Waals surface area contributed by atoms with E-state index in [0.717, 1.165) is 60.4 Å². The van der Waals surface area contributed by atoms with Gasteiger partial charge in [0.05, 0.1) is 27.7 Å². The average molecular weight is 1460 g/mol. The standard InChI is InChI=1S/C19H15O2S.C19H15OS.C19H13OS.C18H13OS.C18H13S2/c1-20-14-10-12-15(13-11-14)22-18-8-4-2-6-16(18)21-17-7-3-5-9-19(17)22;1-14-10-12-15(13-11-14)21-18-8-4-2-6-16(18)20-17-7-3-5-9-19(17)21;20-19-15-10-4-6-12-17(15)21(14-8-2-1-3-9-14)18-13-7-5-11-16(18)19;2*1-2-8-14(9-3-1)20-17-12-6-4-10-15(17)19-16-11-5-7-13-18(16)20/h2-13H,1H3;2-13H,1H3;1-13H;2*1-13H/q5*+1. The Bertz CT molecular complexity index is 5380. The third-order valence-electron chi connectivity index (χ3n) is 17.6. The Morgan fingerprint density at radius 3 is 0.865 bits per heavy atom. The molecule has 1 aromatic heterocycles. The summed E-state index contributed by atoms with van der Waals surface area (Å²) in [5, 5.41) is 1.67. The van der Waals surface area contributed by atoms with Crippen LogP contribution in [0.15, 0.2) is 456 Å². The van der Waals surface area contributed by atoms with Crippen molar-refractivity contribution in [3.05, 3.63) is 398 Å². The maximum atomic E-state index is 12.7. The highest BCUT2D eigenvalue weighted by atomic mass is 32.2. The van der Waals surface area contributed by atoms with E-state index in [-0.39, 0.29) is 59.5 Å². The van der Waals surface area contributed by atoms with Crippen molar-refractivity contribution in [3.8, 4) is 45.1 Å². The van der Waals surface area contributed by atoms with Crippen molar-refractivity contribution in [2.24, 2.45) is 0 Å². The van der Waals surface area contributed by atoms with Gasteiger partial charge in [-0.3, -0.25) is 4.79 Å². The van der Waals surface area contributed by atoms with E-state index in [2.05, 4.69) is 274 Å². The summed E-state index contributed by atoms with van der Waals surface area (Å²) < 4.78 is 25.7. The van der Waals surface area contributed by atoms with Crippen LogP contribution in [0.5, 0.6) is 40.2 Å². The van der Waals surface area contributed by atoms with E-state index in [1.807, 2.05) is 127 Å². The van der Waals surface area contributed by atoms with Gasteiger partial charge in [-0.05, 0) is 201 Å². The van der Waals surface area contributed by atoms with Crippen molar-refractivity contribution in [3.63, 3.8) is 0 Å². The summed E-state index contributed by atoms with van der Waals surface area (Å²) in [5.74, 6) is 6.65. The van der Waals surface area contributed by atoms with Crippen LogP contribution in [-0.4, -0.2) is 7.11 Å². The molecule has 15 aromatic carbocycles. The SMILES string of the molecule is COc1ccc([S+]2c3ccccc3Oc3ccccc32)cc1.Cc1ccc([S+]2c3ccccc3Oc3ccccc32)cc1.O=c1c2ccccc2[s+](-c2ccccc2)c2ccccc12.c1ccc([S+]2c3ccccc3Oc3ccccc32)cc1.c1ccc([S+]2c3ccccc3Sc3ccccc32)cc1. The first-order chi connectivity index (χ1) is 51.4. The smallest absolute Gasteiger partial charge is 0.209 e. The summed E-state index contributed by atoms with van der Waals surface area (Å²) in [6.45, 7) is 2.12. The quantitative estimate of drug-likeness (QED) is 0.122. The number of fused-ring (bicyclic) bond motifs is 10. The second kappa shape index (κ2) is 31.4. The van der Waals surface area contributed by atoms with E-state index in [4.69, 9.17) is 18.9 Å². The maximum absolute atomic E-state index is 12.7. The molecule has 0 amide bonds. The van der Waals surface area contributed by atoms with Crippen LogP contribution in [0.3, 0.4) is 0 Å². The maximum Gasteiger partial charge on any atom is 0.209 e. The predicted molar refractivity (Wildman–Crippen MR) is 433 cm³/mol. The highest BCUT2D eigenvalue weighted by Gasteiger charge is 2.42. The fraction of sp³-hybridized carbons (Fsp3) is 0.0215. The van der Waals surface area contributed by atoms with Crippen LogP contribution in [0.4, 0.5) is 0 Å². The van der Waals surface area contributed by atoms with Gasteiger partial charge in [0.15, 0.2) is 78.2 Å². The largest absolute Gasteiger partial charge is 0.497 e. The normalized spacial score (nSPS) is 12.8. The van der Waals surface area contributed by atoms with Gasteiger partial charge in [-0.15, -0.1) is 0 Å². The molecule has 11 heteroatoms. The Balaban J connectivity index is 0.000000100. The lowest BCUT2D eigenvalue weighted by molar-refractivity contribution is 0.414. The first-order valence-corrected chi connectivity index (χ1v) is 41.1. The van der Waals surface area contributed by atoms with Crippen molar-refractivity contribution in [2.75, 3.05) is 7.11 Å². The number of hydrogen-bond donors (Lipinski definition) is 0. The number of hydrogen-bond acceptors (Lipinski definition) is 6. The average Bonchev–Trinajstić information content (AvgIpc) is 0.642. The molecule has 0 fully saturated rings. The lowest BCUT2D eigenvalue weighted by atomic mass is 10.2. The fourth-order valence-corrected chi connectivity index (χ4v) is 25.6. The van der Waals surface area contributed by atoms with Gasteiger partial charge in [0.1, 0.15) is 49.3 Å². The zero-order valence-electron chi connectivity index (χ0n) is 56.9. The van der Waals surface area contributed by atoms with E-state index in [1.165, 1.54) is 79.0 Å². The van der Waals surface area contributed by atoms with Gasteiger partial charge < -0.3 is 18.9 Å². The molecule has 5 nitrogen and oxygen atoms in total. The molecule has 0 saturated carbocycles. The second-order valence-electron chi connectivity index (χ2n) is 24.3. The second-order valence-corrected chi connectivity index (χ2v) is 35.2.